The molecule has 0 aliphatic carbocycles. The number of para-hydroxylation sites is 1. The average molecular weight is 359 g/mol. The van der Waals surface area contributed by atoms with E-state index in [9.17, 15) is 9.59 Å². The summed E-state index contributed by atoms with van der Waals surface area (Å²) in [6.07, 6.45) is 1.85. The van der Waals surface area contributed by atoms with Crippen molar-refractivity contribution in [2.75, 3.05) is 12.0 Å². The Morgan fingerprint density at radius 1 is 0.852 bits per heavy atom. The summed E-state index contributed by atoms with van der Waals surface area (Å²) in [5.41, 5.74) is 4.72. The molecule has 0 amide bonds. The highest BCUT2D eigenvalue weighted by molar-refractivity contribution is 5.80. The van der Waals surface area contributed by atoms with Crippen molar-refractivity contribution in [3.05, 3.63) is 90.0 Å². The van der Waals surface area contributed by atoms with Gasteiger partial charge >= 0.3 is 5.97 Å². The van der Waals surface area contributed by atoms with E-state index >= 15 is 0 Å². The van der Waals surface area contributed by atoms with E-state index in [1.807, 2.05) is 78.9 Å². The number of methoxy groups -OCH3 is 1. The minimum absolute atomic E-state index is 0.208. The number of benzene rings is 3. The monoisotopic (exact) mass is 359 g/mol. The molecule has 4 heteroatoms. The molecule has 3 aromatic carbocycles. The summed E-state index contributed by atoms with van der Waals surface area (Å²) in [5, 5.41) is 0. The van der Waals surface area contributed by atoms with E-state index in [1.165, 1.54) is 7.11 Å². The molecule has 3 rings (SSSR count). The van der Waals surface area contributed by atoms with Gasteiger partial charge in [-0.1, -0.05) is 30.3 Å². The smallest absolute Gasteiger partial charge is 0.305 e. The Kier molecular flexibility index (Phi) is 6.00. The molecule has 4 nitrogen and oxygen atoms in total. The first-order valence-corrected chi connectivity index (χ1v) is 8.77. The van der Waals surface area contributed by atoms with Gasteiger partial charge in [0, 0.05) is 29.0 Å². The third kappa shape index (κ3) is 4.61. The van der Waals surface area contributed by atoms with Crippen LogP contribution in [0.1, 0.15) is 22.3 Å². The number of ether oxygens (including phenoxy) is 1. The van der Waals surface area contributed by atoms with Crippen LogP contribution < -0.4 is 4.90 Å². The second-order valence-electron chi connectivity index (χ2n) is 6.12. The number of rotatable bonds is 7. The van der Waals surface area contributed by atoms with Crippen LogP contribution in [0.2, 0.25) is 0 Å². The van der Waals surface area contributed by atoms with Crippen molar-refractivity contribution in [2.24, 2.45) is 0 Å². The van der Waals surface area contributed by atoms with Crippen LogP contribution in [0.5, 0.6) is 0 Å². The average Bonchev–Trinajstić information content (AvgIpc) is 2.74. The Morgan fingerprint density at radius 3 is 1.96 bits per heavy atom. The van der Waals surface area contributed by atoms with Crippen molar-refractivity contribution in [1.82, 2.24) is 0 Å². The van der Waals surface area contributed by atoms with Crippen LogP contribution in [0.15, 0.2) is 78.9 Å². The van der Waals surface area contributed by atoms with E-state index in [0.717, 1.165) is 28.9 Å². The zero-order valence-corrected chi connectivity index (χ0v) is 15.2. The minimum atomic E-state index is -0.208. The molecular formula is C23H21NO3. The van der Waals surface area contributed by atoms with Crippen LogP contribution in [0.4, 0.5) is 17.1 Å². The molecule has 0 unspecified atom stereocenters. The number of aldehydes is 1. The summed E-state index contributed by atoms with van der Waals surface area (Å²) in [5.74, 6) is -0.208. The molecule has 27 heavy (non-hydrogen) atoms. The Morgan fingerprint density at radius 2 is 1.41 bits per heavy atom. The number of carbonyl (C=O) groups excluding carboxylic acids is 2. The van der Waals surface area contributed by atoms with Crippen LogP contribution in [-0.2, 0) is 16.0 Å². The molecule has 0 atom stereocenters. The number of hydrogen-bond acceptors (Lipinski definition) is 4. The lowest BCUT2D eigenvalue weighted by molar-refractivity contribution is -0.140. The van der Waals surface area contributed by atoms with Gasteiger partial charge in [-0.2, -0.15) is 0 Å². The molecule has 0 aromatic heterocycles. The van der Waals surface area contributed by atoms with Gasteiger partial charge in [0.2, 0.25) is 0 Å². The number of esters is 1. The summed E-state index contributed by atoms with van der Waals surface area (Å²) < 4.78 is 4.70. The van der Waals surface area contributed by atoms with Gasteiger partial charge in [0.25, 0.3) is 0 Å². The van der Waals surface area contributed by atoms with E-state index in [-0.39, 0.29) is 5.97 Å². The summed E-state index contributed by atoms with van der Waals surface area (Å²) >= 11 is 0. The first-order chi connectivity index (χ1) is 13.2. The van der Waals surface area contributed by atoms with Gasteiger partial charge in [-0.05, 0) is 60.5 Å². The molecule has 0 bridgehead atoms. The fourth-order valence-electron chi connectivity index (χ4n) is 2.89. The van der Waals surface area contributed by atoms with Crippen molar-refractivity contribution in [3.8, 4) is 0 Å². The molecule has 136 valence electrons. The van der Waals surface area contributed by atoms with Crippen LogP contribution in [-0.4, -0.2) is 19.4 Å². The maximum absolute atomic E-state index is 11.3. The summed E-state index contributed by atoms with van der Waals surface area (Å²) in [6, 6.07) is 25.6. The molecule has 0 fully saturated rings. The molecule has 0 radical (unpaired) electrons. The second kappa shape index (κ2) is 8.81. The Balaban J connectivity index is 1.90. The van der Waals surface area contributed by atoms with Gasteiger partial charge in [-0.15, -0.1) is 0 Å². The molecule has 0 N–H and O–H groups in total. The highest BCUT2D eigenvalue weighted by Gasteiger charge is 2.12. The SMILES string of the molecule is COC(=O)CCc1ccc(N(c2ccccc2)c2ccc(C=O)cc2)cc1. The van der Waals surface area contributed by atoms with Crippen LogP contribution in [0.3, 0.4) is 0 Å². The van der Waals surface area contributed by atoms with Crippen molar-refractivity contribution in [2.45, 2.75) is 12.8 Å². The fourth-order valence-corrected chi connectivity index (χ4v) is 2.89. The van der Waals surface area contributed by atoms with E-state index < -0.39 is 0 Å². The highest BCUT2D eigenvalue weighted by Crippen LogP contribution is 2.34. The highest BCUT2D eigenvalue weighted by atomic mass is 16.5. The number of aryl methyl sites for hydroxylation is 1. The van der Waals surface area contributed by atoms with E-state index in [2.05, 4.69) is 4.90 Å². The van der Waals surface area contributed by atoms with E-state index in [1.54, 1.807) is 0 Å². The Hall–Kier alpha value is -3.40. The molecule has 0 spiro atoms. The van der Waals surface area contributed by atoms with Crippen molar-refractivity contribution < 1.29 is 14.3 Å². The Bertz CT molecular complexity index is 887. The second-order valence-corrected chi connectivity index (χ2v) is 6.12. The lowest BCUT2D eigenvalue weighted by atomic mass is 10.1. The fraction of sp³-hybridized carbons (Fsp3) is 0.130. The lowest BCUT2D eigenvalue weighted by Crippen LogP contribution is -2.10. The van der Waals surface area contributed by atoms with Crippen molar-refractivity contribution in [1.29, 1.82) is 0 Å². The standard InChI is InChI=1S/C23H21NO3/c1-27-23(26)16-11-18-7-12-21(13-8-18)24(20-5-3-2-4-6-20)22-14-9-19(17-25)10-15-22/h2-10,12-15,17H,11,16H2,1H3. The number of carbonyl (C=O) groups is 2. The third-order valence-corrected chi connectivity index (χ3v) is 4.34. The molecule has 3 aromatic rings. The maximum Gasteiger partial charge on any atom is 0.305 e. The predicted molar refractivity (Wildman–Crippen MR) is 107 cm³/mol. The lowest BCUT2D eigenvalue weighted by Gasteiger charge is -2.25. The first-order valence-electron chi connectivity index (χ1n) is 8.77. The van der Waals surface area contributed by atoms with Gasteiger partial charge in [-0.3, -0.25) is 9.59 Å². The number of nitrogens with zero attached hydrogens (tertiary/aromatic N) is 1. The largest absolute Gasteiger partial charge is 0.469 e. The molecular weight excluding hydrogens is 338 g/mol. The zero-order chi connectivity index (χ0) is 19.1. The van der Waals surface area contributed by atoms with E-state index in [0.29, 0.717) is 18.4 Å². The number of hydrogen-bond donors (Lipinski definition) is 0. The molecule has 0 aliphatic rings. The predicted octanol–water partition coefficient (Wildman–Crippen LogP) is 5.07. The summed E-state index contributed by atoms with van der Waals surface area (Å²) in [6.45, 7) is 0. The maximum atomic E-state index is 11.3. The van der Waals surface area contributed by atoms with Crippen LogP contribution in [0.25, 0.3) is 0 Å². The van der Waals surface area contributed by atoms with Crippen LogP contribution in [0, 0.1) is 0 Å². The molecule has 0 aliphatic heterocycles. The third-order valence-electron chi connectivity index (χ3n) is 4.34. The van der Waals surface area contributed by atoms with Gasteiger partial charge in [-0.25, -0.2) is 0 Å². The van der Waals surface area contributed by atoms with Crippen LogP contribution >= 0.6 is 0 Å². The molecule has 0 heterocycles. The van der Waals surface area contributed by atoms with Crippen molar-refractivity contribution in [3.63, 3.8) is 0 Å². The van der Waals surface area contributed by atoms with Gasteiger partial charge < -0.3 is 9.64 Å². The van der Waals surface area contributed by atoms with Gasteiger partial charge in [0.15, 0.2) is 0 Å². The summed E-state index contributed by atoms with van der Waals surface area (Å²) in [4.78, 5) is 24.4. The topological polar surface area (TPSA) is 46.6 Å². The van der Waals surface area contributed by atoms with E-state index in [4.69, 9.17) is 4.74 Å². The zero-order valence-electron chi connectivity index (χ0n) is 15.2. The first kappa shape index (κ1) is 18.4. The van der Waals surface area contributed by atoms with Crippen molar-refractivity contribution >= 4 is 29.3 Å². The summed E-state index contributed by atoms with van der Waals surface area (Å²) in [7, 11) is 1.40. The van der Waals surface area contributed by atoms with Gasteiger partial charge in [0.05, 0.1) is 7.11 Å². The van der Waals surface area contributed by atoms with Gasteiger partial charge in [0.1, 0.15) is 6.29 Å². The quantitative estimate of drug-likeness (QED) is 0.436. The minimum Gasteiger partial charge on any atom is -0.469 e. The molecule has 0 saturated heterocycles. The Labute approximate surface area is 159 Å². The normalized spacial score (nSPS) is 10.3. The molecule has 0 saturated carbocycles. The number of anilines is 3.